The highest BCUT2D eigenvalue weighted by Crippen LogP contribution is 2.13. The van der Waals surface area contributed by atoms with E-state index in [1.54, 1.807) is 11.6 Å². The summed E-state index contributed by atoms with van der Waals surface area (Å²) in [5.41, 5.74) is 3.61. The molecule has 0 unspecified atom stereocenters. The van der Waals surface area contributed by atoms with Crippen LogP contribution in [0, 0.1) is 6.92 Å². The van der Waals surface area contributed by atoms with Crippen LogP contribution >= 0.6 is 11.3 Å². The fraction of sp³-hybridized carbons (Fsp3) is 0.176. The Hall–Kier alpha value is -2.60. The Morgan fingerprint density at radius 1 is 1.22 bits per heavy atom. The summed E-state index contributed by atoms with van der Waals surface area (Å²) in [7, 11) is 0. The van der Waals surface area contributed by atoms with Crippen molar-refractivity contribution >= 4 is 17.2 Å². The first-order valence-electron chi connectivity index (χ1n) is 7.24. The lowest BCUT2D eigenvalue weighted by atomic mass is 10.1. The van der Waals surface area contributed by atoms with Gasteiger partial charge < -0.3 is 5.32 Å². The molecular formula is C17H16N4OS. The molecule has 0 radical (unpaired) electrons. The van der Waals surface area contributed by atoms with E-state index in [-0.39, 0.29) is 5.91 Å². The zero-order chi connectivity index (χ0) is 16.1. The largest absolute Gasteiger partial charge is 0.347 e. The van der Waals surface area contributed by atoms with Gasteiger partial charge in [0.05, 0.1) is 10.7 Å². The van der Waals surface area contributed by atoms with E-state index in [4.69, 9.17) is 0 Å². The van der Waals surface area contributed by atoms with Crippen molar-refractivity contribution in [2.24, 2.45) is 0 Å². The third-order valence-electron chi connectivity index (χ3n) is 3.33. The maximum absolute atomic E-state index is 12.2. The van der Waals surface area contributed by atoms with Crippen molar-refractivity contribution < 1.29 is 4.79 Å². The minimum Gasteiger partial charge on any atom is -0.347 e. The van der Waals surface area contributed by atoms with Crippen LogP contribution in [0.3, 0.4) is 0 Å². The molecule has 3 rings (SSSR count). The molecule has 1 amide bonds. The number of aromatic nitrogens is 3. The van der Waals surface area contributed by atoms with Crippen LogP contribution in [0.5, 0.6) is 0 Å². The number of thiazole rings is 1. The summed E-state index contributed by atoms with van der Waals surface area (Å²) in [5, 5.41) is 5.54. The Balaban J connectivity index is 1.59. The molecule has 0 saturated heterocycles. The number of nitrogens with zero attached hydrogens (tertiary/aromatic N) is 3. The van der Waals surface area contributed by atoms with Crippen LogP contribution in [0.25, 0.3) is 0 Å². The van der Waals surface area contributed by atoms with E-state index < -0.39 is 0 Å². The molecule has 0 bridgehead atoms. The molecule has 3 aromatic rings. The van der Waals surface area contributed by atoms with Crippen LogP contribution in [-0.4, -0.2) is 20.9 Å². The lowest BCUT2D eigenvalue weighted by molar-refractivity contribution is 0.0946. The number of aryl methyl sites for hydroxylation is 1. The minimum absolute atomic E-state index is 0.157. The van der Waals surface area contributed by atoms with Crippen LogP contribution in [-0.2, 0) is 13.0 Å². The topological polar surface area (TPSA) is 67.8 Å². The third-order valence-corrected chi connectivity index (χ3v) is 4.18. The van der Waals surface area contributed by atoms with E-state index in [1.807, 2.05) is 37.3 Å². The van der Waals surface area contributed by atoms with Gasteiger partial charge in [-0.2, -0.15) is 0 Å². The molecule has 2 aromatic heterocycles. The van der Waals surface area contributed by atoms with Crippen molar-refractivity contribution in [1.82, 2.24) is 20.3 Å². The number of rotatable bonds is 5. The van der Waals surface area contributed by atoms with E-state index in [1.165, 1.54) is 23.2 Å². The van der Waals surface area contributed by atoms with E-state index in [2.05, 4.69) is 20.3 Å². The Morgan fingerprint density at radius 3 is 2.78 bits per heavy atom. The first-order chi connectivity index (χ1) is 11.2. The second-order valence-corrected chi connectivity index (χ2v) is 6.11. The monoisotopic (exact) mass is 324 g/mol. The summed E-state index contributed by atoms with van der Waals surface area (Å²) in [5.74, 6) is -0.157. The van der Waals surface area contributed by atoms with Crippen molar-refractivity contribution in [2.45, 2.75) is 19.9 Å². The van der Waals surface area contributed by atoms with Gasteiger partial charge in [0.25, 0.3) is 5.91 Å². The molecule has 2 heterocycles. The number of nitrogens with one attached hydrogen (secondary N) is 1. The Kier molecular flexibility index (Phi) is 4.73. The van der Waals surface area contributed by atoms with Gasteiger partial charge in [-0.3, -0.25) is 4.79 Å². The zero-order valence-electron chi connectivity index (χ0n) is 12.7. The van der Waals surface area contributed by atoms with Crippen molar-refractivity contribution in [3.8, 4) is 0 Å². The standard InChI is InChI=1S/C17H16N4OS/c1-12-2-4-13(5-3-12)9-19-17(22)15-10-23-16(21-15)8-14-6-7-18-11-20-14/h2-7,10-11H,8-9H2,1H3,(H,19,22). The van der Waals surface area contributed by atoms with Crippen molar-refractivity contribution in [3.63, 3.8) is 0 Å². The number of carbonyl (C=O) groups excluding carboxylic acids is 1. The highest BCUT2D eigenvalue weighted by molar-refractivity contribution is 7.09. The van der Waals surface area contributed by atoms with Crippen LogP contribution in [0.2, 0.25) is 0 Å². The van der Waals surface area contributed by atoms with Gasteiger partial charge in [0.1, 0.15) is 12.0 Å². The van der Waals surface area contributed by atoms with Gasteiger partial charge in [0.2, 0.25) is 0 Å². The normalized spacial score (nSPS) is 10.5. The predicted octanol–water partition coefficient (Wildman–Crippen LogP) is 2.76. The molecule has 0 spiro atoms. The van der Waals surface area contributed by atoms with Gasteiger partial charge in [-0.25, -0.2) is 15.0 Å². The van der Waals surface area contributed by atoms with E-state index in [9.17, 15) is 4.79 Å². The predicted molar refractivity (Wildman–Crippen MR) is 89.3 cm³/mol. The SMILES string of the molecule is Cc1ccc(CNC(=O)c2csc(Cc3ccncn3)n2)cc1. The molecule has 0 saturated carbocycles. The third kappa shape index (κ3) is 4.20. The van der Waals surface area contributed by atoms with Crippen LogP contribution in [0.4, 0.5) is 0 Å². The molecule has 0 aliphatic rings. The molecule has 0 aliphatic carbocycles. The van der Waals surface area contributed by atoms with E-state index in [0.717, 1.165) is 16.3 Å². The van der Waals surface area contributed by atoms with Crippen LogP contribution in [0.1, 0.15) is 32.3 Å². The summed E-state index contributed by atoms with van der Waals surface area (Å²) in [4.78, 5) is 24.6. The first kappa shape index (κ1) is 15.3. The van der Waals surface area contributed by atoms with Crippen molar-refractivity contribution in [1.29, 1.82) is 0 Å². The Bertz CT molecular complexity index is 784. The van der Waals surface area contributed by atoms with Gasteiger partial charge in [0.15, 0.2) is 0 Å². The summed E-state index contributed by atoms with van der Waals surface area (Å²) in [6, 6.07) is 9.93. The van der Waals surface area contributed by atoms with Gasteiger partial charge in [-0.05, 0) is 18.6 Å². The molecule has 116 valence electrons. The molecule has 1 aromatic carbocycles. The zero-order valence-corrected chi connectivity index (χ0v) is 13.5. The molecule has 6 heteroatoms. The van der Waals surface area contributed by atoms with Gasteiger partial charge in [-0.1, -0.05) is 29.8 Å². The maximum Gasteiger partial charge on any atom is 0.271 e. The van der Waals surface area contributed by atoms with Gasteiger partial charge in [-0.15, -0.1) is 11.3 Å². The molecule has 1 N–H and O–H groups in total. The smallest absolute Gasteiger partial charge is 0.271 e. The number of carbonyl (C=O) groups is 1. The van der Waals surface area contributed by atoms with Gasteiger partial charge in [0, 0.05) is 24.5 Å². The fourth-order valence-electron chi connectivity index (χ4n) is 2.05. The Morgan fingerprint density at radius 2 is 2.04 bits per heavy atom. The first-order valence-corrected chi connectivity index (χ1v) is 8.12. The lowest BCUT2D eigenvalue weighted by Crippen LogP contribution is -2.23. The Labute approximate surface area is 138 Å². The fourth-order valence-corrected chi connectivity index (χ4v) is 2.84. The maximum atomic E-state index is 12.2. The molecule has 5 nitrogen and oxygen atoms in total. The quantitative estimate of drug-likeness (QED) is 0.783. The number of hydrogen-bond acceptors (Lipinski definition) is 5. The van der Waals surface area contributed by atoms with Crippen LogP contribution < -0.4 is 5.32 Å². The second-order valence-electron chi connectivity index (χ2n) is 5.17. The van der Waals surface area contributed by atoms with Crippen molar-refractivity contribution in [3.05, 3.63) is 75.8 Å². The second kappa shape index (κ2) is 7.11. The minimum atomic E-state index is -0.157. The number of amides is 1. The number of hydrogen-bond donors (Lipinski definition) is 1. The number of benzene rings is 1. The van der Waals surface area contributed by atoms with E-state index in [0.29, 0.717) is 18.7 Å². The summed E-state index contributed by atoms with van der Waals surface area (Å²) in [6.45, 7) is 2.54. The lowest BCUT2D eigenvalue weighted by Gasteiger charge is -2.03. The molecule has 0 aliphatic heterocycles. The molecular weight excluding hydrogens is 308 g/mol. The van der Waals surface area contributed by atoms with E-state index >= 15 is 0 Å². The van der Waals surface area contributed by atoms with Crippen molar-refractivity contribution in [2.75, 3.05) is 0 Å². The summed E-state index contributed by atoms with van der Waals surface area (Å²) >= 11 is 1.46. The summed E-state index contributed by atoms with van der Waals surface area (Å²) in [6.07, 6.45) is 3.82. The average Bonchev–Trinajstić information content (AvgIpc) is 3.03. The highest BCUT2D eigenvalue weighted by Gasteiger charge is 2.11. The molecule has 23 heavy (non-hydrogen) atoms. The molecule has 0 atom stereocenters. The molecule has 0 fully saturated rings. The summed E-state index contributed by atoms with van der Waals surface area (Å²) < 4.78 is 0. The van der Waals surface area contributed by atoms with Gasteiger partial charge >= 0.3 is 0 Å². The highest BCUT2D eigenvalue weighted by atomic mass is 32.1. The van der Waals surface area contributed by atoms with Crippen LogP contribution in [0.15, 0.2) is 48.2 Å². The average molecular weight is 324 g/mol.